The first kappa shape index (κ1) is 28.4. The van der Waals surface area contributed by atoms with Gasteiger partial charge in [-0.15, -0.1) is 11.3 Å². The monoisotopic (exact) mass is 558 g/mol. The predicted molar refractivity (Wildman–Crippen MR) is 157 cm³/mol. The molecule has 0 spiro atoms. The number of hydrogen-bond donors (Lipinski definition) is 2. The molecule has 1 heterocycles. The quantitative estimate of drug-likeness (QED) is 0.214. The molecule has 0 saturated carbocycles. The third-order valence-electron chi connectivity index (χ3n) is 6.02. The minimum Gasteiger partial charge on any atom is -0.495 e. The number of methoxy groups -OCH3 is 1. The van der Waals surface area contributed by atoms with Gasteiger partial charge in [0.25, 0.3) is 11.8 Å². The average molecular weight is 559 g/mol. The van der Waals surface area contributed by atoms with E-state index in [1.54, 1.807) is 56.3 Å². The van der Waals surface area contributed by atoms with Gasteiger partial charge >= 0.3 is 5.97 Å². The number of ether oxygens (including phenoxy) is 3. The molecule has 1 atom stereocenters. The zero-order chi connectivity index (χ0) is 28.6. The van der Waals surface area contributed by atoms with E-state index in [2.05, 4.69) is 10.6 Å². The molecule has 0 bridgehead atoms. The van der Waals surface area contributed by atoms with Gasteiger partial charge in [-0.05, 0) is 62.7 Å². The number of rotatable bonds is 10. The summed E-state index contributed by atoms with van der Waals surface area (Å²) >= 11 is 1.32. The Kier molecular flexibility index (Phi) is 9.19. The fourth-order valence-electron chi connectivity index (χ4n) is 4.08. The Balaban J connectivity index is 1.47. The standard InChI is InChI=1S/C31H30N2O6S/c1-5-38-31(36)27-26(21-11-7-6-8-12-21)20(3)40-30(27)33-29(35)22-15-17-23(18-16-22)39-19(2)28(34)32-24-13-9-10-14-25(24)37-4/h6-19H,5H2,1-4H3,(H,32,34)(H,33,35). The number of nitrogens with one attached hydrogen (secondary N) is 2. The molecule has 0 radical (unpaired) electrons. The van der Waals surface area contributed by atoms with Crippen LogP contribution < -0.4 is 20.1 Å². The van der Waals surface area contributed by atoms with Crippen molar-refractivity contribution in [2.75, 3.05) is 24.4 Å². The van der Waals surface area contributed by atoms with Crippen molar-refractivity contribution in [1.29, 1.82) is 0 Å². The van der Waals surface area contributed by atoms with Crippen LogP contribution in [0.15, 0.2) is 78.9 Å². The number of esters is 1. The first-order valence-electron chi connectivity index (χ1n) is 12.7. The van der Waals surface area contributed by atoms with Crippen molar-refractivity contribution in [2.45, 2.75) is 26.9 Å². The summed E-state index contributed by atoms with van der Waals surface area (Å²) in [5.41, 5.74) is 2.84. The van der Waals surface area contributed by atoms with E-state index in [-0.39, 0.29) is 18.4 Å². The van der Waals surface area contributed by atoms with Crippen molar-refractivity contribution in [1.82, 2.24) is 0 Å². The average Bonchev–Trinajstić information content (AvgIpc) is 3.29. The summed E-state index contributed by atoms with van der Waals surface area (Å²) in [6.45, 7) is 5.49. The molecule has 0 aliphatic rings. The molecule has 2 N–H and O–H groups in total. The lowest BCUT2D eigenvalue weighted by atomic mass is 10.0. The minimum absolute atomic E-state index is 0.214. The molecular formula is C31H30N2O6S. The largest absolute Gasteiger partial charge is 0.495 e. The van der Waals surface area contributed by atoms with Crippen LogP contribution in [0.2, 0.25) is 0 Å². The SMILES string of the molecule is CCOC(=O)c1c(NC(=O)c2ccc(OC(C)C(=O)Nc3ccccc3OC)cc2)sc(C)c1-c1ccccc1. The fourth-order valence-corrected chi connectivity index (χ4v) is 5.14. The maximum atomic E-state index is 13.1. The van der Waals surface area contributed by atoms with Crippen molar-refractivity contribution in [3.8, 4) is 22.6 Å². The number of carbonyl (C=O) groups excluding carboxylic acids is 3. The third kappa shape index (κ3) is 6.50. The van der Waals surface area contributed by atoms with E-state index >= 15 is 0 Å². The van der Waals surface area contributed by atoms with Crippen molar-refractivity contribution in [3.63, 3.8) is 0 Å². The van der Waals surface area contributed by atoms with Crippen LogP contribution in [-0.2, 0) is 9.53 Å². The van der Waals surface area contributed by atoms with E-state index in [0.29, 0.717) is 33.3 Å². The van der Waals surface area contributed by atoms with Gasteiger partial charge < -0.3 is 24.8 Å². The Bertz CT molecular complexity index is 1500. The smallest absolute Gasteiger partial charge is 0.341 e. The van der Waals surface area contributed by atoms with Gasteiger partial charge in [0, 0.05) is 16.0 Å². The van der Waals surface area contributed by atoms with E-state index in [9.17, 15) is 14.4 Å². The molecule has 1 aromatic heterocycles. The van der Waals surface area contributed by atoms with Gasteiger partial charge in [0.2, 0.25) is 0 Å². The highest BCUT2D eigenvalue weighted by molar-refractivity contribution is 7.17. The first-order valence-corrected chi connectivity index (χ1v) is 13.5. The number of aryl methyl sites for hydroxylation is 1. The highest BCUT2D eigenvalue weighted by atomic mass is 32.1. The molecule has 1 unspecified atom stereocenters. The summed E-state index contributed by atoms with van der Waals surface area (Å²) in [6, 6.07) is 23.0. The van der Waals surface area contributed by atoms with Gasteiger partial charge in [-0.1, -0.05) is 42.5 Å². The molecular weight excluding hydrogens is 528 g/mol. The molecule has 9 heteroatoms. The van der Waals surface area contributed by atoms with Crippen molar-refractivity contribution < 1.29 is 28.6 Å². The molecule has 206 valence electrons. The van der Waals surface area contributed by atoms with Crippen LogP contribution in [0, 0.1) is 6.92 Å². The second-order valence-corrected chi connectivity index (χ2v) is 9.98. The van der Waals surface area contributed by atoms with E-state index in [0.717, 1.165) is 16.0 Å². The number of carbonyl (C=O) groups is 3. The van der Waals surface area contributed by atoms with Crippen LogP contribution in [-0.4, -0.2) is 37.6 Å². The molecule has 3 aromatic carbocycles. The third-order valence-corrected chi connectivity index (χ3v) is 7.04. The summed E-state index contributed by atoms with van der Waals surface area (Å²) in [4.78, 5) is 39.6. The van der Waals surface area contributed by atoms with Crippen molar-refractivity contribution in [3.05, 3.63) is 94.9 Å². The van der Waals surface area contributed by atoms with Gasteiger partial charge in [0.15, 0.2) is 6.10 Å². The van der Waals surface area contributed by atoms with Gasteiger partial charge in [0.05, 0.1) is 19.4 Å². The van der Waals surface area contributed by atoms with E-state index < -0.39 is 12.1 Å². The molecule has 2 amide bonds. The summed E-state index contributed by atoms with van der Waals surface area (Å²) in [5.74, 6) is -0.267. The number of hydrogen-bond acceptors (Lipinski definition) is 7. The van der Waals surface area contributed by atoms with Crippen LogP contribution >= 0.6 is 11.3 Å². The van der Waals surface area contributed by atoms with Gasteiger partial charge in [-0.3, -0.25) is 9.59 Å². The number of thiophene rings is 1. The topological polar surface area (TPSA) is 103 Å². The summed E-state index contributed by atoms with van der Waals surface area (Å²) in [6.07, 6.45) is -0.803. The highest BCUT2D eigenvalue weighted by Gasteiger charge is 2.26. The van der Waals surface area contributed by atoms with E-state index in [1.165, 1.54) is 18.4 Å². The Hall–Kier alpha value is -4.63. The van der Waals surface area contributed by atoms with E-state index in [4.69, 9.17) is 14.2 Å². The summed E-state index contributed by atoms with van der Waals surface area (Å²) in [5, 5.41) is 6.08. The number of benzene rings is 3. The second-order valence-electron chi connectivity index (χ2n) is 8.75. The summed E-state index contributed by atoms with van der Waals surface area (Å²) < 4.78 is 16.4. The van der Waals surface area contributed by atoms with Crippen LogP contribution in [0.1, 0.15) is 39.4 Å². The number of amides is 2. The Morgan fingerprint density at radius 3 is 2.25 bits per heavy atom. The summed E-state index contributed by atoms with van der Waals surface area (Å²) in [7, 11) is 1.53. The molecule has 0 saturated heterocycles. The zero-order valence-corrected chi connectivity index (χ0v) is 23.5. The molecule has 0 fully saturated rings. The molecule has 8 nitrogen and oxygen atoms in total. The Labute approximate surface area is 236 Å². The van der Waals surface area contributed by atoms with Crippen molar-refractivity contribution in [2.24, 2.45) is 0 Å². The van der Waals surface area contributed by atoms with Crippen LogP contribution in [0.5, 0.6) is 11.5 Å². The minimum atomic E-state index is -0.803. The van der Waals surface area contributed by atoms with E-state index in [1.807, 2.05) is 43.3 Å². The number of anilines is 2. The molecule has 0 aliphatic heterocycles. The Morgan fingerprint density at radius 1 is 0.900 bits per heavy atom. The number of para-hydroxylation sites is 2. The van der Waals surface area contributed by atoms with Crippen LogP contribution in [0.3, 0.4) is 0 Å². The normalized spacial score (nSPS) is 11.3. The predicted octanol–water partition coefficient (Wildman–Crippen LogP) is 6.57. The van der Waals surface area contributed by atoms with Crippen LogP contribution in [0.25, 0.3) is 11.1 Å². The van der Waals surface area contributed by atoms with Gasteiger partial charge in [0.1, 0.15) is 22.1 Å². The lowest BCUT2D eigenvalue weighted by Crippen LogP contribution is -2.30. The maximum Gasteiger partial charge on any atom is 0.341 e. The lowest BCUT2D eigenvalue weighted by molar-refractivity contribution is -0.122. The molecule has 40 heavy (non-hydrogen) atoms. The fraction of sp³-hybridized carbons (Fsp3) is 0.194. The highest BCUT2D eigenvalue weighted by Crippen LogP contribution is 2.40. The molecule has 4 aromatic rings. The Morgan fingerprint density at radius 2 is 1.57 bits per heavy atom. The lowest BCUT2D eigenvalue weighted by Gasteiger charge is -2.16. The zero-order valence-electron chi connectivity index (χ0n) is 22.6. The molecule has 0 aliphatic carbocycles. The van der Waals surface area contributed by atoms with Gasteiger partial charge in [-0.25, -0.2) is 4.79 Å². The van der Waals surface area contributed by atoms with Gasteiger partial charge in [-0.2, -0.15) is 0 Å². The van der Waals surface area contributed by atoms with Crippen LogP contribution in [0.4, 0.5) is 10.7 Å². The maximum absolute atomic E-state index is 13.1. The van der Waals surface area contributed by atoms with Crippen molar-refractivity contribution >= 4 is 39.8 Å². The first-order chi connectivity index (χ1) is 19.3. The molecule has 4 rings (SSSR count). The second kappa shape index (κ2) is 12.9.